The summed E-state index contributed by atoms with van der Waals surface area (Å²) in [4.78, 5) is 4.49. The Hall–Kier alpha value is -2.52. The molecule has 0 fully saturated rings. The molecule has 0 aliphatic heterocycles. The first-order valence-electron chi connectivity index (χ1n) is 6.55. The molecule has 0 spiro atoms. The van der Waals surface area contributed by atoms with Crippen LogP contribution in [0.2, 0.25) is 5.02 Å². The van der Waals surface area contributed by atoms with Crippen LogP contribution in [-0.4, -0.2) is 4.98 Å². The number of fused-ring (bicyclic) bond motifs is 2. The molecular formula is C17H11ClN2O. The Morgan fingerprint density at radius 3 is 2.52 bits per heavy atom. The highest BCUT2D eigenvalue weighted by molar-refractivity contribution is 6.31. The maximum Gasteiger partial charge on any atom is 0.229 e. The van der Waals surface area contributed by atoms with Gasteiger partial charge < -0.3 is 10.2 Å². The van der Waals surface area contributed by atoms with Crippen molar-refractivity contribution < 1.29 is 4.42 Å². The average molecular weight is 295 g/mol. The van der Waals surface area contributed by atoms with Gasteiger partial charge in [-0.25, -0.2) is 4.98 Å². The number of hydrogen-bond acceptors (Lipinski definition) is 3. The number of nitrogens with zero attached hydrogens (tertiary/aromatic N) is 1. The predicted octanol–water partition coefficient (Wildman–Crippen LogP) is 4.88. The van der Waals surface area contributed by atoms with Crippen molar-refractivity contribution in [3.8, 4) is 11.5 Å². The molecule has 0 aliphatic carbocycles. The first-order valence-corrected chi connectivity index (χ1v) is 6.93. The predicted molar refractivity (Wildman–Crippen MR) is 86.4 cm³/mol. The van der Waals surface area contributed by atoms with Crippen molar-refractivity contribution >= 4 is 39.2 Å². The number of aromatic nitrogens is 1. The molecule has 0 amide bonds. The van der Waals surface area contributed by atoms with Crippen LogP contribution in [0.3, 0.4) is 0 Å². The topological polar surface area (TPSA) is 52.0 Å². The molecule has 1 heterocycles. The quantitative estimate of drug-likeness (QED) is 0.509. The molecule has 0 saturated carbocycles. The van der Waals surface area contributed by atoms with E-state index in [1.165, 1.54) is 0 Å². The van der Waals surface area contributed by atoms with Crippen molar-refractivity contribution in [2.75, 3.05) is 5.73 Å². The van der Waals surface area contributed by atoms with Crippen LogP contribution in [0, 0.1) is 0 Å². The van der Waals surface area contributed by atoms with Crippen LogP contribution in [0.4, 0.5) is 5.69 Å². The summed E-state index contributed by atoms with van der Waals surface area (Å²) in [6.45, 7) is 0. The van der Waals surface area contributed by atoms with Gasteiger partial charge >= 0.3 is 0 Å². The van der Waals surface area contributed by atoms with Crippen LogP contribution < -0.4 is 5.73 Å². The maximum absolute atomic E-state index is 6.14. The summed E-state index contributed by atoms with van der Waals surface area (Å²) in [6, 6.07) is 17.4. The summed E-state index contributed by atoms with van der Waals surface area (Å²) in [5.41, 5.74) is 9.00. The lowest BCUT2D eigenvalue weighted by Crippen LogP contribution is -1.90. The van der Waals surface area contributed by atoms with Crippen LogP contribution in [0.1, 0.15) is 0 Å². The number of anilines is 1. The highest BCUT2D eigenvalue weighted by Gasteiger charge is 2.12. The zero-order chi connectivity index (χ0) is 14.4. The van der Waals surface area contributed by atoms with Gasteiger partial charge in [0.25, 0.3) is 0 Å². The normalized spacial score (nSPS) is 11.3. The number of rotatable bonds is 1. The van der Waals surface area contributed by atoms with Crippen molar-refractivity contribution in [1.29, 1.82) is 0 Å². The Morgan fingerprint density at radius 2 is 1.71 bits per heavy atom. The standard InChI is InChI=1S/C17H11ClN2O/c18-12-5-6-15-16(9-12)21-17(20-15)13-7-10-3-1-2-4-11(10)8-14(13)19/h1-9H,19H2. The molecule has 3 nitrogen and oxygen atoms in total. The molecule has 4 aromatic rings. The fraction of sp³-hybridized carbons (Fsp3) is 0. The average Bonchev–Trinajstić information content (AvgIpc) is 2.89. The van der Waals surface area contributed by atoms with Gasteiger partial charge in [-0.05, 0) is 35.0 Å². The molecule has 0 atom stereocenters. The first kappa shape index (κ1) is 12.2. The first-order chi connectivity index (χ1) is 10.2. The Morgan fingerprint density at radius 1 is 0.952 bits per heavy atom. The molecule has 4 rings (SSSR count). The number of oxazole rings is 1. The van der Waals surface area contributed by atoms with Gasteiger partial charge in [0.05, 0.1) is 5.56 Å². The van der Waals surface area contributed by atoms with E-state index in [4.69, 9.17) is 21.8 Å². The monoisotopic (exact) mass is 294 g/mol. The minimum absolute atomic E-state index is 0.510. The van der Waals surface area contributed by atoms with Gasteiger partial charge in [0, 0.05) is 16.8 Å². The van der Waals surface area contributed by atoms with Crippen LogP contribution >= 0.6 is 11.6 Å². The van der Waals surface area contributed by atoms with E-state index in [9.17, 15) is 0 Å². The summed E-state index contributed by atoms with van der Waals surface area (Å²) in [5, 5.41) is 2.82. The van der Waals surface area contributed by atoms with Crippen LogP contribution in [-0.2, 0) is 0 Å². The molecule has 0 aliphatic rings. The molecular weight excluding hydrogens is 284 g/mol. The Kier molecular flexibility index (Phi) is 2.62. The SMILES string of the molecule is Nc1cc2ccccc2cc1-c1nc2ccc(Cl)cc2o1. The zero-order valence-corrected chi connectivity index (χ0v) is 11.8. The lowest BCUT2D eigenvalue weighted by Gasteiger charge is -2.04. The van der Waals surface area contributed by atoms with Gasteiger partial charge in [-0.2, -0.15) is 0 Å². The van der Waals surface area contributed by atoms with E-state index in [2.05, 4.69) is 4.98 Å². The van der Waals surface area contributed by atoms with Gasteiger partial charge in [0.1, 0.15) is 5.52 Å². The Balaban J connectivity index is 1.96. The second-order valence-electron chi connectivity index (χ2n) is 4.92. The van der Waals surface area contributed by atoms with E-state index in [1.54, 1.807) is 12.1 Å². The van der Waals surface area contributed by atoms with E-state index >= 15 is 0 Å². The summed E-state index contributed by atoms with van der Waals surface area (Å²) < 4.78 is 5.79. The fourth-order valence-corrected chi connectivity index (χ4v) is 2.62. The molecule has 2 N–H and O–H groups in total. The number of nitrogens with two attached hydrogens (primary N) is 1. The van der Waals surface area contributed by atoms with E-state index in [0.29, 0.717) is 22.2 Å². The van der Waals surface area contributed by atoms with Crippen LogP contribution in [0.15, 0.2) is 59.0 Å². The van der Waals surface area contributed by atoms with Gasteiger partial charge in [0.15, 0.2) is 5.58 Å². The highest BCUT2D eigenvalue weighted by Crippen LogP contribution is 2.32. The fourth-order valence-electron chi connectivity index (χ4n) is 2.46. The van der Waals surface area contributed by atoms with Crippen molar-refractivity contribution in [1.82, 2.24) is 4.98 Å². The van der Waals surface area contributed by atoms with Crippen molar-refractivity contribution in [3.63, 3.8) is 0 Å². The second kappa shape index (κ2) is 4.50. The number of benzene rings is 3. The second-order valence-corrected chi connectivity index (χ2v) is 5.35. The number of hydrogen-bond donors (Lipinski definition) is 1. The summed E-state index contributed by atoms with van der Waals surface area (Å²) in [5.74, 6) is 0.510. The van der Waals surface area contributed by atoms with Crippen molar-refractivity contribution in [2.24, 2.45) is 0 Å². The van der Waals surface area contributed by atoms with Gasteiger partial charge in [-0.1, -0.05) is 35.9 Å². The maximum atomic E-state index is 6.14. The zero-order valence-electron chi connectivity index (χ0n) is 11.0. The molecule has 1 aromatic heterocycles. The Labute approximate surface area is 126 Å². The van der Waals surface area contributed by atoms with Gasteiger partial charge in [-0.3, -0.25) is 0 Å². The summed E-state index contributed by atoms with van der Waals surface area (Å²) in [7, 11) is 0. The van der Waals surface area contributed by atoms with E-state index < -0.39 is 0 Å². The van der Waals surface area contributed by atoms with Crippen molar-refractivity contribution in [3.05, 3.63) is 59.6 Å². The lowest BCUT2D eigenvalue weighted by atomic mass is 10.1. The molecule has 3 aromatic carbocycles. The van der Waals surface area contributed by atoms with E-state index in [-0.39, 0.29) is 0 Å². The smallest absolute Gasteiger partial charge is 0.229 e. The summed E-state index contributed by atoms with van der Waals surface area (Å²) in [6.07, 6.45) is 0. The third kappa shape index (κ3) is 2.03. The lowest BCUT2D eigenvalue weighted by molar-refractivity contribution is 0.620. The third-order valence-electron chi connectivity index (χ3n) is 3.50. The number of nitrogen functional groups attached to an aromatic ring is 1. The molecule has 4 heteroatoms. The Bertz CT molecular complexity index is 975. The largest absolute Gasteiger partial charge is 0.436 e. The summed E-state index contributed by atoms with van der Waals surface area (Å²) >= 11 is 5.97. The highest BCUT2D eigenvalue weighted by atomic mass is 35.5. The van der Waals surface area contributed by atoms with Gasteiger partial charge in [-0.15, -0.1) is 0 Å². The molecule has 0 radical (unpaired) electrons. The molecule has 0 bridgehead atoms. The minimum Gasteiger partial charge on any atom is -0.436 e. The molecule has 102 valence electrons. The van der Waals surface area contributed by atoms with Crippen LogP contribution in [0.25, 0.3) is 33.3 Å². The third-order valence-corrected chi connectivity index (χ3v) is 3.73. The molecule has 21 heavy (non-hydrogen) atoms. The number of halogens is 1. The van der Waals surface area contributed by atoms with E-state index in [0.717, 1.165) is 21.9 Å². The van der Waals surface area contributed by atoms with E-state index in [1.807, 2.05) is 42.5 Å². The molecule has 0 unspecified atom stereocenters. The minimum atomic E-state index is 0.510. The van der Waals surface area contributed by atoms with Gasteiger partial charge in [0.2, 0.25) is 5.89 Å². The molecule has 0 saturated heterocycles. The van der Waals surface area contributed by atoms with Crippen molar-refractivity contribution in [2.45, 2.75) is 0 Å². The van der Waals surface area contributed by atoms with Crippen LogP contribution in [0.5, 0.6) is 0 Å².